The van der Waals surface area contributed by atoms with Crippen molar-refractivity contribution in [1.29, 1.82) is 0 Å². The molecule has 2 N–H and O–H groups in total. The third-order valence-corrected chi connectivity index (χ3v) is 5.43. The molecule has 0 bridgehead atoms. The van der Waals surface area contributed by atoms with E-state index in [-0.39, 0.29) is 11.8 Å². The third-order valence-electron chi connectivity index (χ3n) is 4.96. The van der Waals surface area contributed by atoms with Gasteiger partial charge in [-0.15, -0.1) is 0 Å². The number of rotatable bonds is 6. The van der Waals surface area contributed by atoms with E-state index in [1.54, 1.807) is 18.2 Å². The molecule has 28 heavy (non-hydrogen) atoms. The number of esters is 1. The SMILES string of the molecule is COC(=O)[C@@H](NC1(Cc2cccc(Cl)c2)C(=O)Nc2cc(Cl)ccc21)C(C)C. The molecule has 1 aliphatic rings. The monoisotopic (exact) mass is 420 g/mol. The van der Waals surface area contributed by atoms with Crippen LogP contribution in [0.2, 0.25) is 10.0 Å². The number of ether oxygens (including phenoxy) is 1. The molecular formula is C21H22Cl2N2O3. The van der Waals surface area contributed by atoms with Crippen LogP contribution >= 0.6 is 23.2 Å². The van der Waals surface area contributed by atoms with Gasteiger partial charge < -0.3 is 10.1 Å². The van der Waals surface area contributed by atoms with Gasteiger partial charge in [-0.25, -0.2) is 0 Å². The van der Waals surface area contributed by atoms with E-state index in [1.165, 1.54) is 7.11 Å². The molecule has 7 heteroatoms. The highest BCUT2D eigenvalue weighted by atomic mass is 35.5. The fourth-order valence-electron chi connectivity index (χ4n) is 3.56. The fourth-order valence-corrected chi connectivity index (χ4v) is 3.94. The van der Waals surface area contributed by atoms with Crippen LogP contribution in [0.5, 0.6) is 0 Å². The summed E-state index contributed by atoms with van der Waals surface area (Å²) < 4.78 is 4.97. The summed E-state index contributed by atoms with van der Waals surface area (Å²) >= 11 is 12.3. The molecule has 0 saturated carbocycles. The first kappa shape index (κ1) is 20.6. The molecule has 5 nitrogen and oxygen atoms in total. The van der Waals surface area contributed by atoms with Crippen LogP contribution in [0.4, 0.5) is 5.69 Å². The summed E-state index contributed by atoms with van der Waals surface area (Å²) in [6, 6.07) is 11.9. The zero-order valence-electron chi connectivity index (χ0n) is 15.9. The number of fused-ring (bicyclic) bond motifs is 1. The molecule has 2 aromatic rings. The van der Waals surface area contributed by atoms with Gasteiger partial charge in [-0.3, -0.25) is 14.9 Å². The molecule has 1 heterocycles. The Morgan fingerprint density at radius 1 is 1.18 bits per heavy atom. The lowest BCUT2D eigenvalue weighted by Gasteiger charge is -2.34. The summed E-state index contributed by atoms with van der Waals surface area (Å²) in [6.45, 7) is 3.80. The van der Waals surface area contributed by atoms with Crippen molar-refractivity contribution >= 4 is 40.8 Å². The highest BCUT2D eigenvalue weighted by molar-refractivity contribution is 6.31. The lowest BCUT2D eigenvalue weighted by atomic mass is 9.83. The van der Waals surface area contributed by atoms with E-state index in [0.717, 1.165) is 11.1 Å². The molecule has 2 atom stereocenters. The number of hydrogen-bond donors (Lipinski definition) is 2. The van der Waals surface area contributed by atoms with Crippen LogP contribution in [-0.2, 0) is 26.3 Å². The van der Waals surface area contributed by atoms with Crippen LogP contribution in [-0.4, -0.2) is 25.0 Å². The first-order chi connectivity index (χ1) is 13.3. The minimum atomic E-state index is -1.16. The number of anilines is 1. The molecule has 148 valence electrons. The van der Waals surface area contributed by atoms with Crippen molar-refractivity contribution in [3.8, 4) is 0 Å². The van der Waals surface area contributed by atoms with Gasteiger partial charge in [0.05, 0.1) is 7.11 Å². The zero-order valence-corrected chi connectivity index (χ0v) is 17.4. The first-order valence-electron chi connectivity index (χ1n) is 8.98. The smallest absolute Gasteiger partial charge is 0.323 e. The second kappa shape index (κ2) is 8.11. The minimum absolute atomic E-state index is 0.0900. The summed E-state index contributed by atoms with van der Waals surface area (Å²) in [4.78, 5) is 25.6. The Hall–Kier alpha value is -2.08. The highest BCUT2D eigenvalue weighted by Gasteiger charge is 2.49. The molecular weight excluding hydrogens is 399 g/mol. The van der Waals surface area contributed by atoms with E-state index >= 15 is 0 Å². The van der Waals surface area contributed by atoms with Crippen molar-refractivity contribution in [3.05, 3.63) is 63.6 Å². The zero-order chi connectivity index (χ0) is 20.5. The number of hydrogen-bond acceptors (Lipinski definition) is 4. The van der Waals surface area contributed by atoms with Crippen LogP contribution in [0.25, 0.3) is 0 Å². The number of halogens is 2. The first-order valence-corrected chi connectivity index (χ1v) is 9.74. The van der Waals surface area contributed by atoms with E-state index in [0.29, 0.717) is 22.2 Å². The summed E-state index contributed by atoms with van der Waals surface area (Å²) in [5, 5.41) is 7.29. The van der Waals surface area contributed by atoms with Crippen LogP contribution in [0.3, 0.4) is 0 Å². The lowest BCUT2D eigenvalue weighted by molar-refractivity contribution is -0.145. The molecule has 0 saturated heterocycles. The van der Waals surface area contributed by atoms with Crippen LogP contribution in [0.15, 0.2) is 42.5 Å². The Morgan fingerprint density at radius 2 is 1.89 bits per heavy atom. The topological polar surface area (TPSA) is 67.4 Å². The molecule has 0 aromatic heterocycles. The Labute approximate surface area is 174 Å². The summed E-state index contributed by atoms with van der Waals surface area (Å²) in [7, 11) is 1.34. The van der Waals surface area contributed by atoms with Crippen LogP contribution < -0.4 is 10.6 Å². The number of carbonyl (C=O) groups is 2. The maximum atomic E-state index is 13.2. The van der Waals surface area contributed by atoms with Gasteiger partial charge in [-0.05, 0) is 35.7 Å². The van der Waals surface area contributed by atoms with Crippen LogP contribution in [0.1, 0.15) is 25.0 Å². The van der Waals surface area contributed by atoms with Crippen molar-refractivity contribution in [2.24, 2.45) is 5.92 Å². The standard InChI is InChI=1S/C21H22Cl2N2O3/c1-12(2)18(19(26)28-3)25-21(11-13-5-4-6-14(22)9-13)16-8-7-15(23)10-17(16)24-20(21)27/h4-10,12,18,25H,11H2,1-3H3,(H,24,27)/t18-,21?/m0/s1. The average Bonchev–Trinajstić information content (AvgIpc) is 2.89. The Bertz CT molecular complexity index is 916. The number of carbonyl (C=O) groups excluding carboxylic acids is 2. The summed E-state index contributed by atoms with van der Waals surface area (Å²) in [6.07, 6.45) is 0.314. The van der Waals surface area contributed by atoms with Crippen molar-refractivity contribution in [2.75, 3.05) is 12.4 Å². The molecule has 0 spiro atoms. The quantitative estimate of drug-likeness (QED) is 0.688. The van der Waals surface area contributed by atoms with Gasteiger partial charge >= 0.3 is 5.97 Å². The molecule has 2 aromatic carbocycles. The van der Waals surface area contributed by atoms with Gasteiger partial charge in [0.25, 0.3) is 0 Å². The van der Waals surface area contributed by atoms with Crippen molar-refractivity contribution in [3.63, 3.8) is 0 Å². The third kappa shape index (κ3) is 3.88. The van der Waals surface area contributed by atoms with Crippen LogP contribution in [0, 0.1) is 5.92 Å². The second-order valence-corrected chi connectivity index (χ2v) is 8.12. The molecule has 1 amide bonds. The Balaban J connectivity index is 2.12. The van der Waals surface area contributed by atoms with Gasteiger partial charge in [0.1, 0.15) is 11.6 Å². The maximum Gasteiger partial charge on any atom is 0.323 e. The maximum absolute atomic E-state index is 13.2. The number of nitrogens with one attached hydrogen (secondary N) is 2. The van der Waals surface area contributed by atoms with E-state index in [2.05, 4.69) is 10.6 Å². The van der Waals surface area contributed by atoms with Gasteiger partial charge in [0.2, 0.25) is 5.91 Å². The highest BCUT2D eigenvalue weighted by Crippen LogP contribution is 2.40. The van der Waals surface area contributed by atoms with E-state index in [9.17, 15) is 9.59 Å². The predicted octanol–water partition coefficient (Wildman–Crippen LogP) is 4.17. The number of methoxy groups -OCH3 is 1. The summed E-state index contributed by atoms with van der Waals surface area (Å²) in [5.41, 5.74) is 1.06. The lowest BCUT2D eigenvalue weighted by Crippen LogP contribution is -2.58. The largest absolute Gasteiger partial charge is 0.468 e. The fraction of sp³-hybridized carbons (Fsp3) is 0.333. The normalized spacial score (nSPS) is 19.3. The van der Waals surface area contributed by atoms with Crippen molar-refractivity contribution in [2.45, 2.75) is 31.8 Å². The molecule has 1 aliphatic heterocycles. The minimum Gasteiger partial charge on any atom is -0.468 e. The van der Waals surface area contributed by atoms with Gasteiger partial charge in [-0.2, -0.15) is 0 Å². The van der Waals surface area contributed by atoms with Gasteiger partial charge in [0, 0.05) is 27.7 Å². The molecule has 1 unspecified atom stereocenters. The van der Waals surface area contributed by atoms with Gasteiger partial charge in [-0.1, -0.05) is 55.2 Å². The molecule has 0 aliphatic carbocycles. The van der Waals surface area contributed by atoms with Crippen molar-refractivity contribution in [1.82, 2.24) is 5.32 Å². The van der Waals surface area contributed by atoms with E-state index in [4.69, 9.17) is 27.9 Å². The van der Waals surface area contributed by atoms with Gasteiger partial charge in [0.15, 0.2) is 0 Å². The molecule has 0 fully saturated rings. The number of benzene rings is 2. The Morgan fingerprint density at radius 3 is 2.54 bits per heavy atom. The second-order valence-electron chi connectivity index (χ2n) is 7.25. The molecule has 3 rings (SSSR count). The van der Waals surface area contributed by atoms with Crippen molar-refractivity contribution < 1.29 is 14.3 Å². The predicted molar refractivity (Wildman–Crippen MR) is 111 cm³/mol. The average molecular weight is 421 g/mol. The van der Waals surface area contributed by atoms with E-state index in [1.807, 2.05) is 38.1 Å². The summed E-state index contributed by atoms with van der Waals surface area (Å²) in [5.74, 6) is -0.761. The Kier molecular flexibility index (Phi) is 5.98. The van der Waals surface area contributed by atoms with E-state index < -0.39 is 17.6 Å². The number of amides is 1. The molecule has 0 radical (unpaired) electrons.